The van der Waals surface area contributed by atoms with Crippen LogP contribution in [-0.2, 0) is 6.42 Å². The summed E-state index contributed by atoms with van der Waals surface area (Å²) in [6.45, 7) is 0.281. The van der Waals surface area contributed by atoms with E-state index in [-0.39, 0.29) is 6.61 Å². The van der Waals surface area contributed by atoms with Crippen LogP contribution in [0.25, 0.3) is 11.1 Å². The Balaban J connectivity index is 1.51. The third-order valence-corrected chi connectivity index (χ3v) is 4.22. The minimum Gasteiger partial charge on any atom is -0.497 e. The Morgan fingerprint density at radius 1 is 0.923 bits per heavy atom. The number of nitrogens with zero attached hydrogens (tertiary/aromatic N) is 1. The fraction of sp³-hybridized carbons (Fsp3) is 0.227. The Labute approximate surface area is 154 Å². The second kappa shape index (κ2) is 9.02. The Morgan fingerprint density at radius 2 is 1.69 bits per heavy atom. The Morgan fingerprint density at radius 3 is 2.42 bits per heavy atom. The molecule has 4 heteroatoms. The Hall–Kier alpha value is -2.85. The van der Waals surface area contributed by atoms with Gasteiger partial charge in [-0.05, 0) is 65.9 Å². The van der Waals surface area contributed by atoms with Gasteiger partial charge in [0.1, 0.15) is 18.1 Å². The quantitative estimate of drug-likeness (QED) is 0.664. The molecule has 0 fully saturated rings. The van der Waals surface area contributed by atoms with Crippen molar-refractivity contribution in [3.63, 3.8) is 0 Å². The molecule has 1 aromatic heterocycles. The number of aliphatic hydroxyl groups excluding tert-OH is 1. The molecule has 1 heterocycles. The van der Waals surface area contributed by atoms with E-state index in [4.69, 9.17) is 9.47 Å². The van der Waals surface area contributed by atoms with Gasteiger partial charge in [-0.25, -0.2) is 0 Å². The molecule has 0 saturated heterocycles. The maximum atomic E-state index is 10.1. The molecule has 4 nitrogen and oxygen atoms in total. The lowest BCUT2D eigenvalue weighted by molar-refractivity contribution is 0.100. The van der Waals surface area contributed by atoms with E-state index in [0.717, 1.165) is 29.0 Å². The van der Waals surface area contributed by atoms with Gasteiger partial charge in [-0.2, -0.15) is 0 Å². The zero-order valence-corrected chi connectivity index (χ0v) is 14.8. The summed E-state index contributed by atoms with van der Waals surface area (Å²) in [5, 5.41) is 10.1. The van der Waals surface area contributed by atoms with Crippen molar-refractivity contribution in [2.24, 2.45) is 0 Å². The van der Waals surface area contributed by atoms with E-state index < -0.39 is 6.10 Å². The molecule has 1 N–H and O–H groups in total. The van der Waals surface area contributed by atoms with Crippen LogP contribution in [0.3, 0.4) is 0 Å². The van der Waals surface area contributed by atoms with Gasteiger partial charge in [0, 0.05) is 12.4 Å². The standard InChI is InChI=1S/C22H23NO3/c1-25-22-4-2-3-19(15-22)18-6-9-21(10-7-18)26-16-20(24)8-5-17-11-13-23-14-12-17/h2-4,6-7,9-15,20,24H,5,8,16H2,1H3. The zero-order valence-electron chi connectivity index (χ0n) is 14.8. The number of ether oxygens (including phenoxy) is 2. The summed E-state index contributed by atoms with van der Waals surface area (Å²) >= 11 is 0. The molecule has 0 saturated carbocycles. The van der Waals surface area contributed by atoms with E-state index in [0.29, 0.717) is 6.42 Å². The smallest absolute Gasteiger partial charge is 0.119 e. The summed E-state index contributed by atoms with van der Waals surface area (Å²) in [7, 11) is 1.66. The highest BCUT2D eigenvalue weighted by Crippen LogP contribution is 2.25. The summed E-state index contributed by atoms with van der Waals surface area (Å²) in [4.78, 5) is 3.99. The molecule has 134 valence electrons. The number of rotatable bonds is 8. The number of methoxy groups -OCH3 is 1. The number of hydrogen-bond donors (Lipinski definition) is 1. The third-order valence-electron chi connectivity index (χ3n) is 4.22. The van der Waals surface area contributed by atoms with Crippen LogP contribution in [0.4, 0.5) is 0 Å². The van der Waals surface area contributed by atoms with Crippen LogP contribution in [0.15, 0.2) is 73.1 Å². The van der Waals surface area contributed by atoms with Crippen LogP contribution in [0.5, 0.6) is 11.5 Å². The number of pyridine rings is 1. The molecule has 2 aromatic carbocycles. The first-order chi connectivity index (χ1) is 12.7. The number of hydrogen-bond acceptors (Lipinski definition) is 4. The fourth-order valence-electron chi connectivity index (χ4n) is 2.70. The van der Waals surface area contributed by atoms with Crippen LogP contribution in [0.2, 0.25) is 0 Å². The molecular weight excluding hydrogens is 326 g/mol. The van der Waals surface area contributed by atoms with E-state index in [1.807, 2.05) is 60.7 Å². The third kappa shape index (κ3) is 5.07. The van der Waals surface area contributed by atoms with Gasteiger partial charge < -0.3 is 14.6 Å². The summed E-state index contributed by atoms with van der Waals surface area (Å²) in [5.41, 5.74) is 3.35. The highest BCUT2D eigenvalue weighted by Gasteiger charge is 2.07. The normalized spacial score (nSPS) is 11.8. The average molecular weight is 349 g/mol. The number of benzene rings is 2. The predicted octanol–water partition coefficient (Wildman–Crippen LogP) is 4.13. The van der Waals surface area contributed by atoms with E-state index in [1.54, 1.807) is 19.5 Å². The lowest BCUT2D eigenvalue weighted by Crippen LogP contribution is -2.18. The van der Waals surface area contributed by atoms with Crippen LogP contribution in [0, 0.1) is 0 Å². The van der Waals surface area contributed by atoms with Crippen molar-refractivity contribution in [3.8, 4) is 22.6 Å². The van der Waals surface area contributed by atoms with Crippen LogP contribution in [-0.4, -0.2) is 29.9 Å². The molecule has 3 aromatic rings. The number of aromatic nitrogens is 1. The Kier molecular flexibility index (Phi) is 6.23. The molecule has 0 spiro atoms. The van der Waals surface area contributed by atoms with Gasteiger partial charge in [-0.3, -0.25) is 4.98 Å². The maximum Gasteiger partial charge on any atom is 0.119 e. The van der Waals surface area contributed by atoms with Gasteiger partial charge in [0.25, 0.3) is 0 Å². The molecule has 0 amide bonds. The molecule has 0 aliphatic carbocycles. The predicted molar refractivity (Wildman–Crippen MR) is 102 cm³/mol. The van der Waals surface area contributed by atoms with Gasteiger partial charge in [0.05, 0.1) is 13.2 Å². The topological polar surface area (TPSA) is 51.6 Å². The van der Waals surface area contributed by atoms with E-state index in [1.165, 1.54) is 5.56 Å². The zero-order chi connectivity index (χ0) is 18.2. The highest BCUT2D eigenvalue weighted by molar-refractivity contribution is 5.65. The first-order valence-electron chi connectivity index (χ1n) is 8.69. The molecule has 0 radical (unpaired) electrons. The molecule has 0 bridgehead atoms. The van der Waals surface area contributed by atoms with Crippen LogP contribution < -0.4 is 9.47 Å². The van der Waals surface area contributed by atoms with Crippen molar-refractivity contribution in [2.75, 3.05) is 13.7 Å². The van der Waals surface area contributed by atoms with Gasteiger partial charge in [-0.1, -0.05) is 24.3 Å². The molecule has 0 aliphatic rings. The van der Waals surface area contributed by atoms with Crippen molar-refractivity contribution in [2.45, 2.75) is 18.9 Å². The van der Waals surface area contributed by atoms with Crippen molar-refractivity contribution < 1.29 is 14.6 Å². The minimum atomic E-state index is -0.499. The number of aliphatic hydroxyl groups is 1. The van der Waals surface area contributed by atoms with Gasteiger partial charge >= 0.3 is 0 Å². The summed E-state index contributed by atoms with van der Waals surface area (Å²) in [6, 6.07) is 19.7. The molecule has 1 atom stereocenters. The largest absolute Gasteiger partial charge is 0.497 e. The summed E-state index contributed by atoms with van der Waals surface area (Å²) < 4.78 is 11.0. The molecule has 26 heavy (non-hydrogen) atoms. The molecule has 1 unspecified atom stereocenters. The average Bonchev–Trinajstić information content (AvgIpc) is 2.72. The lowest BCUT2D eigenvalue weighted by atomic mass is 10.1. The van der Waals surface area contributed by atoms with E-state index >= 15 is 0 Å². The van der Waals surface area contributed by atoms with E-state index in [2.05, 4.69) is 4.98 Å². The maximum absolute atomic E-state index is 10.1. The van der Waals surface area contributed by atoms with Crippen molar-refractivity contribution in [1.82, 2.24) is 4.98 Å². The molecular formula is C22H23NO3. The van der Waals surface area contributed by atoms with Crippen molar-refractivity contribution >= 4 is 0 Å². The Bertz CT molecular complexity index is 803. The number of aryl methyl sites for hydroxylation is 1. The van der Waals surface area contributed by atoms with Gasteiger partial charge in [-0.15, -0.1) is 0 Å². The lowest BCUT2D eigenvalue weighted by Gasteiger charge is -2.13. The van der Waals surface area contributed by atoms with Crippen molar-refractivity contribution in [1.29, 1.82) is 0 Å². The summed E-state index contributed by atoms with van der Waals surface area (Å²) in [6.07, 6.45) is 4.50. The van der Waals surface area contributed by atoms with Gasteiger partial charge in [0.15, 0.2) is 0 Å². The fourth-order valence-corrected chi connectivity index (χ4v) is 2.70. The second-order valence-electron chi connectivity index (χ2n) is 6.12. The van der Waals surface area contributed by atoms with Crippen LogP contribution in [0.1, 0.15) is 12.0 Å². The minimum absolute atomic E-state index is 0.281. The monoisotopic (exact) mass is 349 g/mol. The van der Waals surface area contributed by atoms with Gasteiger partial charge in [0.2, 0.25) is 0 Å². The molecule has 3 rings (SSSR count). The van der Waals surface area contributed by atoms with Crippen molar-refractivity contribution in [3.05, 3.63) is 78.6 Å². The first kappa shape index (κ1) is 18.0. The first-order valence-corrected chi connectivity index (χ1v) is 8.69. The summed E-state index contributed by atoms with van der Waals surface area (Å²) in [5.74, 6) is 1.58. The second-order valence-corrected chi connectivity index (χ2v) is 6.12. The highest BCUT2D eigenvalue weighted by atomic mass is 16.5. The SMILES string of the molecule is COc1cccc(-c2ccc(OCC(O)CCc3ccncc3)cc2)c1. The van der Waals surface area contributed by atoms with Crippen LogP contribution >= 0.6 is 0 Å². The van der Waals surface area contributed by atoms with E-state index in [9.17, 15) is 5.11 Å². The molecule has 0 aliphatic heterocycles.